The highest BCUT2D eigenvalue weighted by Gasteiger charge is 1.26. The molecule has 0 bridgehead atoms. The number of carbonyl (C=O) groups excluding carboxylic acids is 1. The van der Waals surface area contributed by atoms with E-state index in [1.807, 2.05) is 0 Å². The maximum absolute atomic E-state index is 8.33. The Kier molecular flexibility index (Phi) is 28.1. The highest BCUT2D eigenvalue weighted by molar-refractivity contribution is 5.47. The highest BCUT2D eigenvalue weighted by Crippen LogP contribution is 1.21. The van der Waals surface area contributed by atoms with E-state index in [-0.39, 0.29) is 12.3 Å². The molecule has 0 aromatic carbocycles. The molecule has 0 heterocycles. The van der Waals surface area contributed by atoms with E-state index in [0.717, 1.165) is 0 Å². The second-order valence-electron chi connectivity index (χ2n) is 0.250. The minimum Gasteiger partial charge on any atom is -0.652 e. The van der Waals surface area contributed by atoms with Gasteiger partial charge in [-0.2, -0.15) is 0 Å². The Morgan fingerprint density at radius 2 is 1.17 bits per heavy atom. The number of rotatable bonds is 0. The van der Waals surface area contributed by atoms with Gasteiger partial charge in [-0.1, -0.05) is 0 Å². The molecular weight excluding hydrogens is 88.0 g/mol. The lowest BCUT2D eigenvalue weighted by Crippen LogP contribution is -2.37. The smallest absolute Gasteiger partial charge is 0.0431 e. The van der Waals surface area contributed by atoms with Crippen molar-refractivity contribution < 1.29 is 15.0 Å². The van der Waals surface area contributed by atoms with Gasteiger partial charge >= 0.3 is 0 Å². The lowest BCUT2D eigenvalue weighted by molar-refractivity contribution is -0.415. The molecule has 0 aliphatic carbocycles. The second-order valence-corrected chi connectivity index (χ2v) is 0.250. The molecule has 0 fully saturated rings. The molecular formula is CH6N2O3-2. The summed E-state index contributed by atoms with van der Waals surface area (Å²) >= 11 is 0. The fourth-order valence-electron chi connectivity index (χ4n) is 0. The summed E-state index contributed by atoms with van der Waals surface area (Å²) in [6.07, 6.45) is -2.33. The van der Waals surface area contributed by atoms with E-state index in [9.17, 15) is 0 Å². The maximum Gasteiger partial charge on any atom is -0.0431 e. The van der Waals surface area contributed by atoms with Crippen LogP contribution in [0.1, 0.15) is 0 Å². The van der Waals surface area contributed by atoms with Crippen LogP contribution in [0.3, 0.4) is 0 Å². The molecule has 0 unspecified atom stereocenters. The molecule has 0 radical (unpaired) electrons. The van der Waals surface area contributed by atoms with Crippen molar-refractivity contribution in [1.82, 2.24) is 12.3 Å². The van der Waals surface area contributed by atoms with Crippen LogP contribution in [0.2, 0.25) is 0 Å². The largest absolute Gasteiger partial charge is 0.652 e. The third kappa shape index (κ3) is 23.3. The standard InChI is InChI=1S/CH2O3.2H3N/c2-1(3)4;;/h(H2,2,3,4);2*1H3/p-2. The van der Waals surface area contributed by atoms with Gasteiger partial charge in [0, 0.05) is 0 Å². The van der Waals surface area contributed by atoms with Gasteiger partial charge in [-0.15, -0.1) is 0 Å². The molecule has 0 aromatic heterocycles. The summed E-state index contributed by atoms with van der Waals surface area (Å²) in [7, 11) is 0. The van der Waals surface area contributed by atoms with Crippen molar-refractivity contribution >= 4 is 6.16 Å². The lowest BCUT2D eigenvalue weighted by atomic mass is 11.5. The number of hydrogen-bond acceptors (Lipinski definition) is 5. The van der Waals surface area contributed by atoms with Gasteiger partial charge in [0.05, 0.1) is 0 Å². The molecule has 6 heavy (non-hydrogen) atoms. The predicted molar refractivity (Wildman–Crippen MR) is 15.4 cm³/mol. The molecule has 0 saturated carbocycles. The zero-order chi connectivity index (χ0) is 3.58. The first-order valence-electron chi connectivity index (χ1n) is 0.612. The minimum absolute atomic E-state index is 0. The van der Waals surface area contributed by atoms with Crippen LogP contribution >= 0.6 is 0 Å². The SMILES string of the molecule is N.N.O=C([O-])[O-]. The van der Waals surface area contributed by atoms with E-state index in [4.69, 9.17) is 15.0 Å². The van der Waals surface area contributed by atoms with Crippen LogP contribution in [0.5, 0.6) is 0 Å². The third-order valence-electron chi connectivity index (χ3n) is 0. The van der Waals surface area contributed by atoms with E-state index in [2.05, 4.69) is 0 Å². The molecule has 0 aromatic rings. The fraction of sp³-hybridized carbons (Fsp3) is 0. The Balaban J connectivity index is -0.0000000450. The summed E-state index contributed by atoms with van der Waals surface area (Å²) < 4.78 is 0. The molecule has 40 valence electrons. The van der Waals surface area contributed by atoms with Crippen molar-refractivity contribution in [2.45, 2.75) is 0 Å². The first kappa shape index (κ1) is 19.0. The van der Waals surface area contributed by atoms with Crippen molar-refractivity contribution in [3.63, 3.8) is 0 Å². The van der Waals surface area contributed by atoms with Gasteiger partial charge in [0.1, 0.15) is 0 Å². The summed E-state index contributed by atoms with van der Waals surface area (Å²) in [5, 5.41) is 16.7. The van der Waals surface area contributed by atoms with Crippen LogP contribution in [-0.4, -0.2) is 6.16 Å². The van der Waals surface area contributed by atoms with Gasteiger partial charge in [0.25, 0.3) is 0 Å². The van der Waals surface area contributed by atoms with Crippen molar-refractivity contribution in [2.24, 2.45) is 0 Å². The number of carboxylic acid groups (broad SMARTS) is 2. The zero-order valence-corrected chi connectivity index (χ0v) is 3.14. The quantitative estimate of drug-likeness (QED) is 0.354. The first-order chi connectivity index (χ1) is 1.73. The Morgan fingerprint density at radius 1 is 1.17 bits per heavy atom. The maximum atomic E-state index is 8.33. The van der Waals surface area contributed by atoms with Gasteiger partial charge in [-0.3, -0.25) is 0 Å². The summed E-state index contributed by atoms with van der Waals surface area (Å²) in [4.78, 5) is 8.33. The Hall–Kier alpha value is -0.810. The Labute approximate surface area is 34.8 Å². The molecule has 6 N–H and O–H groups in total. The zero-order valence-electron chi connectivity index (χ0n) is 3.14. The summed E-state index contributed by atoms with van der Waals surface area (Å²) in [5.41, 5.74) is 0. The first-order valence-corrected chi connectivity index (χ1v) is 0.612. The van der Waals surface area contributed by atoms with Crippen LogP contribution in [0.15, 0.2) is 0 Å². The van der Waals surface area contributed by atoms with E-state index in [1.54, 1.807) is 0 Å². The molecule has 0 aliphatic heterocycles. The van der Waals surface area contributed by atoms with E-state index < -0.39 is 6.16 Å². The van der Waals surface area contributed by atoms with Gasteiger partial charge in [-0.05, 0) is 6.16 Å². The molecule has 0 rings (SSSR count). The Bertz CT molecular complexity index is 31.8. The highest BCUT2D eigenvalue weighted by atomic mass is 16.6. The molecule has 0 atom stereocenters. The van der Waals surface area contributed by atoms with Crippen molar-refractivity contribution in [1.29, 1.82) is 0 Å². The topological polar surface area (TPSA) is 133 Å². The monoisotopic (exact) mass is 94.0 g/mol. The van der Waals surface area contributed by atoms with Crippen LogP contribution < -0.4 is 22.5 Å². The minimum atomic E-state index is -2.33. The fourth-order valence-corrected chi connectivity index (χ4v) is 0. The van der Waals surface area contributed by atoms with E-state index in [0.29, 0.717) is 0 Å². The van der Waals surface area contributed by atoms with Crippen LogP contribution in [-0.2, 0) is 0 Å². The molecule has 5 heteroatoms. The van der Waals surface area contributed by atoms with Gasteiger partial charge < -0.3 is 27.3 Å². The average Bonchev–Trinajstić information content (AvgIpc) is 0.811. The summed E-state index contributed by atoms with van der Waals surface area (Å²) in [5.74, 6) is 0. The predicted octanol–water partition coefficient (Wildman–Crippen LogP) is -2.12. The molecule has 5 nitrogen and oxygen atoms in total. The van der Waals surface area contributed by atoms with Crippen LogP contribution in [0, 0.1) is 0 Å². The Morgan fingerprint density at radius 3 is 1.17 bits per heavy atom. The van der Waals surface area contributed by atoms with E-state index in [1.165, 1.54) is 0 Å². The molecule has 0 amide bonds. The summed E-state index contributed by atoms with van der Waals surface area (Å²) in [6, 6.07) is 0. The lowest BCUT2D eigenvalue weighted by Gasteiger charge is -1.96. The third-order valence-corrected chi connectivity index (χ3v) is 0. The number of carbonyl (C=O) groups is 1. The van der Waals surface area contributed by atoms with Crippen molar-refractivity contribution in [2.75, 3.05) is 0 Å². The van der Waals surface area contributed by atoms with Crippen molar-refractivity contribution in [3.8, 4) is 0 Å². The van der Waals surface area contributed by atoms with Crippen LogP contribution in [0.4, 0.5) is 4.79 Å². The second kappa shape index (κ2) is 8.89. The number of hydrogen-bond donors (Lipinski definition) is 2. The van der Waals surface area contributed by atoms with Crippen molar-refractivity contribution in [3.05, 3.63) is 0 Å². The normalized spacial score (nSPS) is 4.00. The average molecular weight is 94.1 g/mol. The van der Waals surface area contributed by atoms with Crippen LogP contribution in [0.25, 0.3) is 0 Å². The van der Waals surface area contributed by atoms with Gasteiger partial charge in [0.15, 0.2) is 0 Å². The summed E-state index contributed by atoms with van der Waals surface area (Å²) in [6.45, 7) is 0. The molecule has 0 saturated heterocycles. The van der Waals surface area contributed by atoms with Gasteiger partial charge in [-0.25, -0.2) is 0 Å². The molecule has 0 spiro atoms. The van der Waals surface area contributed by atoms with E-state index >= 15 is 0 Å². The molecule has 0 aliphatic rings. The van der Waals surface area contributed by atoms with Gasteiger partial charge in [0.2, 0.25) is 0 Å².